The molecule has 1 aliphatic heterocycles. The summed E-state index contributed by atoms with van der Waals surface area (Å²) >= 11 is 0. The van der Waals surface area contributed by atoms with Gasteiger partial charge in [0, 0.05) is 0 Å². The van der Waals surface area contributed by atoms with E-state index in [0.717, 1.165) is 11.1 Å². The van der Waals surface area contributed by atoms with E-state index in [-0.39, 0.29) is 31.6 Å². The fraction of sp³-hybridized carbons (Fsp3) is 0.375. The van der Waals surface area contributed by atoms with E-state index in [4.69, 9.17) is 9.47 Å². The van der Waals surface area contributed by atoms with Crippen LogP contribution in [-0.4, -0.2) is 35.5 Å². The number of amides is 2. The highest BCUT2D eigenvalue weighted by Crippen LogP contribution is 2.25. The van der Waals surface area contributed by atoms with Crippen LogP contribution in [0.2, 0.25) is 0 Å². The van der Waals surface area contributed by atoms with Crippen LogP contribution in [0.5, 0.6) is 0 Å². The molecule has 2 amide bonds. The Balaban J connectivity index is 1.73. The molecule has 1 fully saturated rings. The maximum atomic E-state index is 13.3. The Kier molecular flexibility index (Phi) is 7.22. The van der Waals surface area contributed by atoms with Crippen molar-refractivity contribution >= 4 is 18.0 Å². The summed E-state index contributed by atoms with van der Waals surface area (Å²) in [5.74, 6) is -1.51. The number of rotatable bonds is 8. The van der Waals surface area contributed by atoms with Crippen molar-refractivity contribution in [1.82, 2.24) is 4.90 Å². The van der Waals surface area contributed by atoms with Gasteiger partial charge in [-0.1, -0.05) is 74.5 Å². The molecule has 6 nitrogen and oxygen atoms in total. The van der Waals surface area contributed by atoms with Gasteiger partial charge in [-0.25, -0.2) is 9.69 Å². The van der Waals surface area contributed by atoms with Crippen LogP contribution < -0.4 is 0 Å². The van der Waals surface area contributed by atoms with E-state index in [1.54, 1.807) is 0 Å². The molecule has 2 aromatic carbocycles. The van der Waals surface area contributed by atoms with E-state index in [0.29, 0.717) is 6.42 Å². The molecular weight excluding hydrogens is 382 g/mol. The summed E-state index contributed by atoms with van der Waals surface area (Å²) in [7, 11) is 0. The zero-order valence-corrected chi connectivity index (χ0v) is 17.3. The summed E-state index contributed by atoms with van der Waals surface area (Å²) in [6.07, 6.45) is -0.404. The molecule has 0 N–H and O–H groups in total. The van der Waals surface area contributed by atoms with E-state index in [9.17, 15) is 14.4 Å². The molecule has 30 heavy (non-hydrogen) atoms. The van der Waals surface area contributed by atoms with Crippen molar-refractivity contribution in [2.45, 2.75) is 39.3 Å². The Morgan fingerprint density at radius 2 is 1.63 bits per heavy atom. The standard InChI is InChI=1S/C24H27NO5/c1-17(2)21-16-30-24(28)25(21)23(27)20(13-18-9-5-3-6-10-18)14-22(26)29-15-19-11-7-4-8-12-19/h3-12,17,20-21H,13-16H2,1-2H3/t20-,21-/m1/s1. The number of hydrogen-bond acceptors (Lipinski definition) is 5. The molecule has 1 saturated heterocycles. The van der Waals surface area contributed by atoms with Gasteiger partial charge in [0.25, 0.3) is 0 Å². The fourth-order valence-corrected chi connectivity index (χ4v) is 3.52. The number of imide groups is 1. The molecule has 0 bridgehead atoms. The normalized spacial score (nSPS) is 17.0. The molecule has 0 aliphatic carbocycles. The van der Waals surface area contributed by atoms with Crippen molar-refractivity contribution in [2.75, 3.05) is 6.61 Å². The van der Waals surface area contributed by atoms with Crippen molar-refractivity contribution in [1.29, 1.82) is 0 Å². The largest absolute Gasteiger partial charge is 0.461 e. The van der Waals surface area contributed by atoms with Gasteiger partial charge >= 0.3 is 12.1 Å². The highest BCUT2D eigenvalue weighted by molar-refractivity contribution is 5.96. The number of carbonyl (C=O) groups excluding carboxylic acids is 3. The van der Waals surface area contributed by atoms with Crippen molar-refractivity contribution in [2.24, 2.45) is 11.8 Å². The molecule has 2 aromatic rings. The SMILES string of the molecule is CC(C)[C@H]1COC(=O)N1C(=O)[C@@H](CC(=O)OCc1ccccc1)Cc1ccccc1. The van der Waals surface area contributed by atoms with Crippen LogP contribution in [0.15, 0.2) is 60.7 Å². The summed E-state index contributed by atoms with van der Waals surface area (Å²) in [5.41, 5.74) is 1.79. The average molecular weight is 409 g/mol. The Morgan fingerprint density at radius 1 is 1.03 bits per heavy atom. The van der Waals surface area contributed by atoms with E-state index in [1.807, 2.05) is 74.5 Å². The van der Waals surface area contributed by atoms with Crippen molar-refractivity contribution in [3.8, 4) is 0 Å². The Hall–Kier alpha value is -3.15. The van der Waals surface area contributed by atoms with Crippen LogP contribution in [0.25, 0.3) is 0 Å². The van der Waals surface area contributed by atoms with Gasteiger partial charge in [-0.2, -0.15) is 0 Å². The predicted octanol–water partition coefficient (Wildman–Crippen LogP) is 3.98. The number of esters is 1. The first-order valence-corrected chi connectivity index (χ1v) is 10.2. The number of nitrogens with zero attached hydrogens (tertiary/aromatic N) is 1. The third-order valence-corrected chi connectivity index (χ3v) is 5.24. The summed E-state index contributed by atoms with van der Waals surface area (Å²) in [6, 6.07) is 18.5. The highest BCUT2D eigenvalue weighted by Gasteiger charge is 2.42. The minimum absolute atomic E-state index is 0.0582. The van der Waals surface area contributed by atoms with Gasteiger partial charge in [0.2, 0.25) is 5.91 Å². The molecule has 158 valence electrons. The first kappa shape index (κ1) is 21.6. The van der Waals surface area contributed by atoms with Gasteiger partial charge in [0.1, 0.15) is 13.2 Å². The number of benzene rings is 2. The van der Waals surface area contributed by atoms with Crippen LogP contribution in [0, 0.1) is 11.8 Å². The zero-order valence-electron chi connectivity index (χ0n) is 17.3. The number of cyclic esters (lactones) is 1. The van der Waals surface area contributed by atoms with E-state index in [1.165, 1.54) is 4.90 Å². The smallest absolute Gasteiger partial charge is 0.416 e. The maximum absolute atomic E-state index is 13.3. The maximum Gasteiger partial charge on any atom is 0.416 e. The van der Waals surface area contributed by atoms with Crippen molar-refractivity contribution < 1.29 is 23.9 Å². The second-order valence-electron chi connectivity index (χ2n) is 7.83. The number of hydrogen-bond donors (Lipinski definition) is 0. The fourth-order valence-electron chi connectivity index (χ4n) is 3.52. The lowest BCUT2D eigenvalue weighted by Gasteiger charge is -2.26. The lowest BCUT2D eigenvalue weighted by atomic mass is 9.93. The second-order valence-corrected chi connectivity index (χ2v) is 7.83. The topological polar surface area (TPSA) is 72.9 Å². The van der Waals surface area contributed by atoms with Gasteiger partial charge in [-0.15, -0.1) is 0 Å². The number of ether oxygens (including phenoxy) is 2. The van der Waals surface area contributed by atoms with Crippen molar-refractivity contribution in [3.05, 3.63) is 71.8 Å². The predicted molar refractivity (Wildman–Crippen MR) is 111 cm³/mol. The number of carbonyl (C=O) groups is 3. The van der Waals surface area contributed by atoms with Crippen LogP contribution in [0.3, 0.4) is 0 Å². The third kappa shape index (κ3) is 5.47. The summed E-state index contributed by atoms with van der Waals surface area (Å²) < 4.78 is 10.5. The first-order chi connectivity index (χ1) is 14.5. The Labute approximate surface area is 176 Å². The summed E-state index contributed by atoms with van der Waals surface area (Å²) in [5, 5.41) is 0. The monoisotopic (exact) mass is 409 g/mol. The molecule has 0 aromatic heterocycles. The van der Waals surface area contributed by atoms with Gasteiger partial charge in [0.15, 0.2) is 0 Å². The summed E-state index contributed by atoms with van der Waals surface area (Å²) in [4.78, 5) is 39.3. The molecule has 6 heteroatoms. The molecule has 0 saturated carbocycles. The molecule has 2 atom stereocenters. The van der Waals surface area contributed by atoms with Crippen LogP contribution in [-0.2, 0) is 32.1 Å². The quantitative estimate of drug-likeness (QED) is 0.617. The first-order valence-electron chi connectivity index (χ1n) is 10.2. The average Bonchev–Trinajstić information content (AvgIpc) is 3.14. The van der Waals surface area contributed by atoms with E-state index in [2.05, 4.69) is 0 Å². The molecule has 0 spiro atoms. The van der Waals surface area contributed by atoms with Crippen LogP contribution in [0.4, 0.5) is 4.79 Å². The molecule has 0 radical (unpaired) electrons. The molecule has 0 unspecified atom stereocenters. The van der Waals surface area contributed by atoms with Gasteiger partial charge < -0.3 is 9.47 Å². The molecule has 1 heterocycles. The molecule has 1 aliphatic rings. The van der Waals surface area contributed by atoms with Gasteiger partial charge in [0.05, 0.1) is 18.4 Å². The molecule has 3 rings (SSSR count). The lowest BCUT2D eigenvalue weighted by molar-refractivity contribution is -0.149. The van der Waals surface area contributed by atoms with E-state index < -0.39 is 23.9 Å². The van der Waals surface area contributed by atoms with Crippen LogP contribution >= 0.6 is 0 Å². The van der Waals surface area contributed by atoms with Crippen LogP contribution in [0.1, 0.15) is 31.4 Å². The Bertz CT molecular complexity index is 866. The zero-order chi connectivity index (χ0) is 21.5. The minimum Gasteiger partial charge on any atom is -0.461 e. The van der Waals surface area contributed by atoms with Gasteiger partial charge in [-0.05, 0) is 23.5 Å². The lowest BCUT2D eigenvalue weighted by Crippen LogP contribution is -2.45. The van der Waals surface area contributed by atoms with E-state index >= 15 is 0 Å². The third-order valence-electron chi connectivity index (χ3n) is 5.24. The second kappa shape index (κ2) is 10.1. The van der Waals surface area contributed by atoms with Crippen molar-refractivity contribution in [3.63, 3.8) is 0 Å². The Morgan fingerprint density at radius 3 is 2.23 bits per heavy atom. The molecular formula is C24H27NO5. The minimum atomic E-state index is -0.706. The van der Waals surface area contributed by atoms with Gasteiger partial charge in [-0.3, -0.25) is 9.59 Å². The summed E-state index contributed by atoms with van der Waals surface area (Å²) in [6.45, 7) is 4.20. The highest BCUT2D eigenvalue weighted by atomic mass is 16.6.